The van der Waals surface area contributed by atoms with Gasteiger partial charge in [0.1, 0.15) is 17.6 Å². The normalized spacial score (nSPS) is 11.2. The van der Waals surface area contributed by atoms with Crippen LogP contribution in [-0.4, -0.2) is 39.2 Å². The molecule has 0 radical (unpaired) electrons. The lowest BCUT2D eigenvalue weighted by Crippen LogP contribution is -2.32. The number of aliphatic hydroxyl groups is 1. The van der Waals surface area contributed by atoms with E-state index in [9.17, 15) is 20.0 Å². The molecule has 1 aromatic heterocycles. The lowest BCUT2D eigenvalue weighted by molar-refractivity contribution is -0.385. The second-order valence-corrected chi connectivity index (χ2v) is 4.87. The van der Waals surface area contributed by atoms with Crippen molar-refractivity contribution < 1.29 is 19.9 Å². The molecule has 1 heterocycles. The Bertz CT molecular complexity index is 520. The number of nitrogens with zero attached hydrogens (tertiary/aromatic N) is 2. The molecule has 0 unspecified atom stereocenters. The fraction of sp³-hybridized carbons (Fsp3) is 0.538. The fourth-order valence-corrected chi connectivity index (χ4v) is 1.92. The summed E-state index contributed by atoms with van der Waals surface area (Å²) in [5.74, 6) is -1.15. The summed E-state index contributed by atoms with van der Waals surface area (Å²) in [7, 11) is 0. The smallest absolute Gasteiger partial charge is 0.342 e. The van der Waals surface area contributed by atoms with Crippen LogP contribution in [0.3, 0.4) is 0 Å². The summed E-state index contributed by atoms with van der Waals surface area (Å²) in [5, 5.41) is 32.2. The van der Waals surface area contributed by atoms with Crippen molar-refractivity contribution in [2.75, 3.05) is 18.5 Å². The minimum atomic E-state index is -1.38. The van der Waals surface area contributed by atoms with Crippen LogP contribution < -0.4 is 5.32 Å². The molecule has 0 aliphatic rings. The number of aliphatic hydroxyl groups excluding tert-OH is 1. The van der Waals surface area contributed by atoms with Gasteiger partial charge in [-0.15, -0.1) is 0 Å². The van der Waals surface area contributed by atoms with E-state index >= 15 is 0 Å². The van der Waals surface area contributed by atoms with Gasteiger partial charge in [-0.1, -0.05) is 13.8 Å². The van der Waals surface area contributed by atoms with Crippen molar-refractivity contribution in [3.63, 3.8) is 0 Å². The summed E-state index contributed by atoms with van der Waals surface area (Å²) in [6.45, 7) is 4.30. The molecule has 0 aromatic carbocycles. The van der Waals surface area contributed by atoms with Gasteiger partial charge < -0.3 is 15.5 Å². The molecule has 8 nitrogen and oxygen atoms in total. The molecule has 116 valence electrons. The molecule has 0 aliphatic carbocycles. The predicted molar refractivity (Wildman–Crippen MR) is 76.4 cm³/mol. The zero-order valence-corrected chi connectivity index (χ0v) is 12.0. The van der Waals surface area contributed by atoms with Gasteiger partial charge in [0.25, 0.3) is 0 Å². The molecule has 1 rings (SSSR count). The highest BCUT2D eigenvalue weighted by molar-refractivity contribution is 5.93. The van der Waals surface area contributed by atoms with Crippen molar-refractivity contribution in [3.8, 4) is 0 Å². The third-order valence-corrected chi connectivity index (χ3v) is 3.79. The molecule has 0 spiro atoms. The summed E-state index contributed by atoms with van der Waals surface area (Å²) in [5.41, 5.74) is -1.29. The van der Waals surface area contributed by atoms with Crippen molar-refractivity contribution >= 4 is 17.5 Å². The van der Waals surface area contributed by atoms with Crippen LogP contribution in [0.15, 0.2) is 12.3 Å². The monoisotopic (exact) mass is 297 g/mol. The van der Waals surface area contributed by atoms with E-state index in [4.69, 9.17) is 5.11 Å². The van der Waals surface area contributed by atoms with Gasteiger partial charge in [0, 0.05) is 18.0 Å². The Labute approximate surface area is 122 Å². The maximum atomic E-state index is 11.0. The van der Waals surface area contributed by atoms with E-state index < -0.39 is 22.1 Å². The number of carboxylic acids is 1. The largest absolute Gasteiger partial charge is 0.477 e. The van der Waals surface area contributed by atoms with Gasteiger partial charge in [-0.2, -0.15) is 0 Å². The number of carboxylic acid groups (broad SMARTS) is 1. The molecule has 0 atom stereocenters. The number of hydrogen-bond acceptors (Lipinski definition) is 6. The maximum Gasteiger partial charge on any atom is 0.342 e. The first-order valence-electron chi connectivity index (χ1n) is 6.61. The van der Waals surface area contributed by atoms with Crippen LogP contribution in [0.5, 0.6) is 0 Å². The van der Waals surface area contributed by atoms with Gasteiger partial charge in [0.05, 0.1) is 11.5 Å². The number of pyridine rings is 1. The number of nitro groups is 1. The Hall–Kier alpha value is -2.22. The van der Waals surface area contributed by atoms with E-state index in [1.807, 2.05) is 13.8 Å². The molecule has 0 bridgehead atoms. The Morgan fingerprint density at radius 1 is 1.48 bits per heavy atom. The van der Waals surface area contributed by atoms with E-state index in [1.165, 1.54) is 0 Å². The third kappa shape index (κ3) is 3.88. The molecular weight excluding hydrogens is 278 g/mol. The second kappa shape index (κ2) is 6.98. The van der Waals surface area contributed by atoms with E-state index in [0.29, 0.717) is 6.54 Å². The molecule has 0 amide bonds. The second-order valence-electron chi connectivity index (χ2n) is 4.87. The summed E-state index contributed by atoms with van der Waals surface area (Å²) in [6.07, 6.45) is 2.40. The average Bonchev–Trinajstić information content (AvgIpc) is 2.48. The lowest BCUT2D eigenvalue weighted by Gasteiger charge is -2.29. The molecular formula is C13H19N3O5. The maximum absolute atomic E-state index is 11.0. The number of aromatic carboxylic acids is 1. The van der Waals surface area contributed by atoms with Crippen LogP contribution in [0.4, 0.5) is 11.5 Å². The van der Waals surface area contributed by atoms with Gasteiger partial charge in [-0.05, 0) is 12.8 Å². The number of rotatable bonds is 8. The lowest BCUT2D eigenvalue weighted by atomic mass is 9.83. The summed E-state index contributed by atoms with van der Waals surface area (Å²) in [4.78, 5) is 24.9. The van der Waals surface area contributed by atoms with Crippen molar-refractivity contribution in [1.82, 2.24) is 4.98 Å². The predicted octanol–water partition coefficient (Wildman–Crippen LogP) is 1.90. The SMILES string of the molecule is CCC(CC)(CO)CNc1cc(C(=O)O)c([N+](=O)[O-])cn1. The van der Waals surface area contributed by atoms with Gasteiger partial charge >= 0.3 is 11.7 Å². The first-order chi connectivity index (χ1) is 9.89. The number of hydrogen-bond donors (Lipinski definition) is 3. The van der Waals surface area contributed by atoms with E-state index in [1.54, 1.807) is 0 Å². The number of nitrogens with one attached hydrogen (secondary N) is 1. The van der Waals surface area contributed by atoms with Crippen LogP contribution in [0, 0.1) is 15.5 Å². The van der Waals surface area contributed by atoms with Crippen molar-refractivity contribution in [2.45, 2.75) is 26.7 Å². The standard InChI is InChI=1S/C13H19N3O5/c1-3-13(4-2,8-17)7-15-11-5-9(12(18)19)10(6-14-11)16(20)21/h5-6,17H,3-4,7-8H2,1-2H3,(H,14,15)(H,18,19). The van der Waals surface area contributed by atoms with Crippen LogP contribution in [-0.2, 0) is 0 Å². The van der Waals surface area contributed by atoms with Crippen LogP contribution in [0.2, 0.25) is 0 Å². The van der Waals surface area contributed by atoms with E-state index in [0.717, 1.165) is 25.1 Å². The topological polar surface area (TPSA) is 126 Å². The Balaban J connectivity index is 2.98. The van der Waals surface area contributed by atoms with E-state index in [2.05, 4.69) is 10.3 Å². The first kappa shape index (κ1) is 16.8. The summed E-state index contributed by atoms with van der Waals surface area (Å²) < 4.78 is 0. The molecule has 1 aromatic rings. The Morgan fingerprint density at radius 3 is 2.52 bits per heavy atom. The van der Waals surface area contributed by atoms with Gasteiger partial charge in [0.15, 0.2) is 0 Å². The highest BCUT2D eigenvalue weighted by atomic mass is 16.6. The minimum Gasteiger partial charge on any atom is -0.477 e. The highest BCUT2D eigenvalue weighted by Crippen LogP contribution is 2.27. The third-order valence-electron chi connectivity index (χ3n) is 3.79. The Kier molecular flexibility index (Phi) is 5.60. The fourth-order valence-electron chi connectivity index (χ4n) is 1.92. The first-order valence-corrected chi connectivity index (χ1v) is 6.61. The Morgan fingerprint density at radius 2 is 2.10 bits per heavy atom. The average molecular weight is 297 g/mol. The molecule has 0 saturated carbocycles. The molecule has 0 fully saturated rings. The van der Waals surface area contributed by atoms with Crippen LogP contribution in [0.1, 0.15) is 37.0 Å². The molecule has 0 saturated heterocycles. The van der Waals surface area contributed by atoms with E-state index in [-0.39, 0.29) is 17.8 Å². The van der Waals surface area contributed by atoms with Crippen LogP contribution >= 0.6 is 0 Å². The molecule has 21 heavy (non-hydrogen) atoms. The number of anilines is 1. The zero-order chi connectivity index (χ0) is 16.0. The van der Waals surface area contributed by atoms with Gasteiger partial charge in [-0.3, -0.25) is 10.1 Å². The number of carbonyl (C=O) groups is 1. The minimum absolute atomic E-state index is 0.00817. The molecule has 3 N–H and O–H groups in total. The zero-order valence-electron chi connectivity index (χ0n) is 12.0. The molecule has 0 aliphatic heterocycles. The quantitative estimate of drug-likeness (QED) is 0.494. The van der Waals surface area contributed by atoms with Crippen molar-refractivity contribution in [2.24, 2.45) is 5.41 Å². The van der Waals surface area contributed by atoms with Crippen molar-refractivity contribution in [3.05, 3.63) is 27.9 Å². The number of aromatic nitrogens is 1. The van der Waals surface area contributed by atoms with Gasteiger partial charge in [0.2, 0.25) is 0 Å². The molecule has 8 heteroatoms. The van der Waals surface area contributed by atoms with Gasteiger partial charge in [-0.25, -0.2) is 9.78 Å². The van der Waals surface area contributed by atoms with Crippen molar-refractivity contribution in [1.29, 1.82) is 0 Å². The summed E-state index contributed by atoms with van der Waals surface area (Å²) >= 11 is 0. The highest BCUT2D eigenvalue weighted by Gasteiger charge is 2.26. The van der Waals surface area contributed by atoms with Crippen LogP contribution in [0.25, 0.3) is 0 Å². The summed E-state index contributed by atoms with van der Waals surface area (Å²) in [6, 6.07) is 1.13.